The van der Waals surface area contributed by atoms with E-state index in [1.165, 1.54) is 154 Å². The van der Waals surface area contributed by atoms with Crippen molar-refractivity contribution in [1.82, 2.24) is 0 Å². The molecule has 0 saturated carbocycles. The maximum Gasteiger partial charge on any atom is 0.472 e. The van der Waals surface area contributed by atoms with Crippen LogP contribution in [0.5, 0.6) is 0 Å². The summed E-state index contributed by atoms with van der Waals surface area (Å²) in [5.74, 6) is 0.0788. The monoisotopic (exact) mass is 1310 g/mol. The third-order valence-corrected chi connectivity index (χ3v) is 18.8. The molecule has 0 fully saturated rings. The zero-order valence-corrected chi connectivity index (χ0v) is 59.7. The minimum atomic E-state index is -4.95. The van der Waals surface area contributed by atoms with Gasteiger partial charge in [-0.1, -0.05) is 299 Å². The molecule has 0 aliphatic rings. The van der Waals surface area contributed by atoms with E-state index >= 15 is 0 Å². The summed E-state index contributed by atoms with van der Waals surface area (Å²) in [7, 11) is -9.90. The lowest BCUT2D eigenvalue weighted by Crippen LogP contribution is -2.30. The van der Waals surface area contributed by atoms with Crippen molar-refractivity contribution in [2.45, 2.75) is 369 Å². The number of rotatable bonds is 68. The Morgan fingerprint density at radius 3 is 0.854 bits per heavy atom. The molecular formula is C70H136O17P2. The zero-order valence-electron chi connectivity index (χ0n) is 57.9. The summed E-state index contributed by atoms with van der Waals surface area (Å²) in [6.07, 6.45) is 44.6. The van der Waals surface area contributed by atoms with Gasteiger partial charge in [0.2, 0.25) is 0 Å². The number of esters is 4. The van der Waals surface area contributed by atoms with Crippen molar-refractivity contribution in [3.05, 3.63) is 0 Å². The number of hydrogen-bond acceptors (Lipinski definition) is 15. The molecule has 0 aromatic heterocycles. The fraction of sp³-hybridized carbons (Fsp3) is 0.943. The number of aliphatic hydroxyl groups excluding tert-OH is 1. The molecule has 0 amide bonds. The van der Waals surface area contributed by atoms with E-state index in [1.54, 1.807) is 0 Å². The van der Waals surface area contributed by atoms with Crippen LogP contribution in [-0.4, -0.2) is 96.7 Å². The lowest BCUT2D eigenvalue weighted by atomic mass is 9.99. The minimum absolute atomic E-state index is 0.102. The molecule has 0 radical (unpaired) electrons. The topological polar surface area (TPSA) is 237 Å². The summed E-state index contributed by atoms with van der Waals surface area (Å²) in [4.78, 5) is 72.5. The molecule has 0 saturated heterocycles. The molecule has 17 nitrogen and oxygen atoms in total. The van der Waals surface area contributed by atoms with Crippen LogP contribution < -0.4 is 0 Å². The fourth-order valence-corrected chi connectivity index (χ4v) is 12.1. The first kappa shape index (κ1) is 87.1. The van der Waals surface area contributed by atoms with Crippen molar-refractivity contribution in [3.8, 4) is 0 Å². The number of carbonyl (C=O) groups excluding carboxylic acids is 4. The van der Waals surface area contributed by atoms with Crippen LogP contribution in [0.4, 0.5) is 0 Å². The summed E-state index contributed by atoms with van der Waals surface area (Å²) in [6, 6.07) is 0. The van der Waals surface area contributed by atoms with Gasteiger partial charge in [-0.05, 0) is 43.4 Å². The standard InChI is InChI=1S/C70H136O17P2/c1-8-11-12-13-14-15-16-17-18-19-20-21-26-29-39-46-53-69(74)86-65(57-80-67(72)51-44-37-28-25-23-22-24-27-35-42-49-62(6)9-2)59-84-88(76,77)82-55-64(71)56-83-89(78,79)85-60-66(58-81-68(73)52-45-38-32-30-34-41-48-61(4)5)87-70(75)54-47-40-33-31-36-43-50-63(7)10-3/h61-66,71H,8-60H2,1-7H3,(H,76,77)(H,78,79)/t62?,63?,64-,65-,66-/m1/s1. The van der Waals surface area contributed by atoms with Gasteiger partial charge in [0.25, 0.3) is 0 Å². The van der Waals surface area contributed by atoms with E-state index in [1.807, 2.05) is 0 Å². The predicted octanol–water partition coefficient (Wildman–Crippen LogP) is 19.8. The van der Waals surface area contributed by atoms with Gasteiger partial charge in [-0.15, -0.1) is 0 Å². The highest BCUT2D eigenvalue weighted by Gasteiger charge is 2.30. The lowest BCUT2D eigenvalue weighted by molar-refractivity contribution is -0.161. The second kappa shape index (κ2) is 61.0. The van der Waals surface area contributed by atoms with E-state index in [2.05, 4.69) is 48.5 Å². The molecule has 0 spiro atoms. The molecule has 3 N–H and O–H groups in total. The Hall–Kier alpha value is -1.94. The predicted molar refractivity (Wildman–Crippen MR) is 358 cm³/mol. The van der Waals surface area contributed by atoms with Crippen molar-refractivity contribution < 1.29 is 80.2 Å². The van der Waals surface area contributed by atoms with Crippen LogP contribution in [0.1, 0.15) is 350 Å². The number of phosphoric ester groups is 2. The highest BCUT2D eigenvalue weighted by molar-refractivity contribution is 7.47. The Balaban J connectivity index is 5.24. The van der Waals surface area contributed by atoms with Crippen LogP contribution in [0.25, 0.3) is 0 Å². The highest BCUT2D eigenvalue weighted by Crippen LogP contribution is 2.45. The van der Waals surface area contributed by atoms with Gasteiger partial charge in [0, 0.05) is 25.7 Å². The fourth-order valence-electron chi connectivity index (χ4n) is 10.5. The van der Waals surface area contributed by atoms with E-state index in [9.17, 15) is 43.2 Å². The Bertz CT molecular complexity index is 1750. The second-order valence-corrected chi connectivity index (χ2v) is 29.1. The van der Waals surface area contributed by atoms with Crippen LogP contribution >= 0.6 is 15.6 Å². The molecule has 0 aromatic rings. The number of ether oxygens (including phenoxy) is 4. The molecule has 89 heavy (non-hydrogen) atoms. The smallest absolute Gasteiger partial charge is 0.462 e. The van der Waals surface area contributed by atoms with Gasteiger partial charge >= 0.3 is 39.5 Å². The van der Waals surface area contributed by atoms with Crippen molar-refractivity contribution in [2.75, 3.05) is 39.6 Å². The number of aliphatic hydroxyl groups is 1. The second-order valence-electron chi connectivity index (χ2n) is 26.2. The molecule has 0 bridgehead atoms. The quantitative estimate of drug-likeness (QED) is 0.0222. The molecule has 0 heterocycles. The van der Waals surface area contributed by atoms with Gasteiger partial charge in [-0.25, -0.2) is 9.13 Å². The molecule has 0 aliphatic carbocycles. The average molecular weight is 1310 g/mol. The van der Waals surface area contributed by atoms with Gasteiger partial charge in [0.15, 0.2) is 12.2 Å². The van der Waals surface area contributed by atoms with E-state index in [0.29, 0.717) is 31.6 Å². The van der Waals surface area contributed by atoms with E-state index in [-0.39, 0.29) is 25.7 Å². The summed E-state index contributed by atoms with van der Waals surface area (Å²) in [5.41, 5.74) is 0. The van der Waals surface area contributed by atoms with Crippen LogP contribution in [-0.2, 0) is 65.4 Å². The summed E-state index contributed by atoms with van der Waals surface area (Å²) >= 11 is 0. The van der Waals surface area contributed by atoms with E-state index in [4.69, 9.17) is 37.0 Å². The Labute approximate surface area is 543 Å². The van der Waals surface area contributed by atoms with Crippen LogP contribution in [0.15, 0.2) is 0 Å². The largest absolute Gasteiger partial charge is 0.472 e. The van der Waals surface area contributed by atoms with Crippen LogP contribution in [0.3, 0.4) is 0 Å². The first-order valence-corrected chi connectivity index (χ1v) is 39.4. The number of phosphoric acid groups is 2. The van der Waals surface area contributed by atoms with Crippen molar-refractivity contribution in [1.29, 1.82) is 0 Å². The molecule has 0 rings (SSSR count). The van der Waals surface area contributed by atoms with Gasteiger partial charge in [-0.3, -0.25) is 37.3 Å². The van der Waals surface area contributed by atoms with Gasteiger partial charge in [0.05, 0.1) is 26.4 Å². The third-order valence-electron chi connectivity index (χ3n) is 16.9. The number of hydrogen-bond donors (Lipinski definition) is 3. The van der Waals surface area contributed by atoms with Gasteiger partial charge in [0.1, 0.15) is 19.3 Å². The molecule has 19 heteroatoms. The highest BCUT2D eigenvalue weighted by atomic mass is 31.2. The normalized spacial score (nSPS) is 14.8. The Morgan fingerprint density at radius 2 is 0.573 bits per heavy atom. The number of unbranched alkanes of at least 4 members (excludes halogenated alkanes) is 34. The molecular weight excluding hydrogens is 1170 g/mol. The SMILES string of the molecule is CCCCCCCCCCCCCCCCCCC(=O)O[C@H](COC(=O)CCCCCCCCCCCCC(C)CC)COP(=O)(O)OC[C@@H](O)COP(=O)(O)OC[C@@H](COC(=O)CCCCCCCCC(C)C)OC(=O)CCCCCCCCC(C)CC. The van der Waals surface area contributed by atoms with Crippen LogP contribution in [0.2, 0.25) is 0 Å². The first-order valence-electron chi connectivity index (χ1n) is 36.4. The minimum Gasteiger partial charge on any atom is -0.462 e. The molecule has 0 aromatic carbocycles. The zero-order chi connectivity index (χ0) is 65.9. The van der Waals surface area contributed by atoms with Crippen molar-refractivity contribution >= 4 is 39.5 Å². The Morgan fingerprint density at radius 1 is 0.326 bits per heavy atom. The summed E-state index contributed by atoms with van der Waals surface area (Å²) in [5, 5.41) is 10.6. The maximum absolute atomic E-state index is 13.0. The lowest BCUT2D eigenvalue weighted by Gasteiger charge is -2.21. The molecule has 4 unspecified atom stereocenters. The number of carbonyl (C=O) groups is 4. The van der Waals surface area contributed by atoms with Crippen LogP contribution in [0, 0.1) is 17.8 Å². The molecule has 528 valence electrons. The average Bonchev–Trinajstić information content (AvgIpc) is 3.69. The third kappa shape index (κ3) is 62.0. The summed E-state index contributed by atoms with van der Waals surface area (Å²) in [6.45, 7) is 11.7. The summed E-state index contributed by atoms with van der Waals surface area (Å²) < 4.78 is 68.2. The maximum atomic E-state index is 13.0. The van der Waals surface area contributed by atoms with Gasteiger partial charge in [-0.2, -0.15) is 0 Å². The van der Waals surface area contributed by atoms with E-state index in [0.717, 1.165) is 108 Å². The van der Waals surface area contributed by atoms with Crippen molar-refractivity contribution in [3.63, 3.8) is 0 Å². The van der Waals surface area contributed by atoms with E-state index < -0.39 is 97.5 Å². The molecule has 0 aliphatic heterocycles. The molecule has 7 atom stereocenters. The van der Waals surface area contributed by atoms with Crippen molar-refractivity contribution in [2.24, 2.45) is 17.8 Å². The van der Waals surface area contributed by atoms with Gasteiger partial charge < -0.3 is 33.8 Å². The first-order chi connectivity index (χ1) is 42.8. The Kier molecular flexibility index (Phi) is 59.6.